The van der Waals surface area contributed by atoms with Crippen molar-refractivity contribution in [2.24, 2.45) is 5.92 Å². The largest absolute Gasteiger partial charge is 0.454 e. The Kier molecular flexibility index (Phi) is 5.34. The van der Waals surface area contributed by atoms with E-state index >= 15 is 0 Å². The van der Waals surface area contributed by atoms with Crippen LogP contribution in [0, 0.1) is 19.8 Å². The van der Waals surface area contributed by atoms with Gasteiger partial charge in [-0.15, -0.1) is 0 Å². The number of anilines is 2. The minimum atomic E-state index is -0.0461. The number of ether oxygens (including phenoxy) is 2. The first kappa shape index (κ1) is 20.2. The van der Waals surface area contributed by atoms with Gasteiger partial charge in [-0.3, -0.25) is 9.78 Å². The van der Waals surface area contributed by atoms with Gasteiger partial charge in [0.15, 0.2) is 17.3 Å². The number of hydrogen-bond donors (Lipinski definition) is 1. The van der Waals surface area contributed by atoms with Crippen LogP contribution in [0.3, 0.4) is 0 Å². The van der Waals surface area contributed by atoms with Gasteiger partial charge in [-0.1, -0.05) is 6.07 Å². The molecule has 3 aromatic rings. The summed E-state index contributed by atoms with van der Waals surface area (Å²) >= 11 is 0. The zero-order valence-corrected chi connectivity index (χ0v) is 18.2. The van der Waals surface area contributed by atoms with E-state index in [-0.39, 0.29) is 18.6 Å². The third-order valence-corrected chi connectivity index (χ3v) is 6.06. The van der Waals surface area contributed by atoms with Crippen LogP contribution in [0.25, 0.3) is 11.5 Å². The molecule has 1 saturated heterocycles. The predicted octanol–water partition coefficient (Wildman–Crippen LogP) is 3.74. The van der Waals surface area contributed by atoms with Gasteiger partial charge in [0.25, 0.3) is 0 Å². The summed E-state index contributed by atoms with van der Waals surface area (Å²) in [6.45, 7) is 5.79. The number of nitrogens with zero attached hydrogens (tertiary/aromatic N) is 4. The SMILES string of the molecule is Cc1nc(-c2ccccn2)nc(N2CCC(C(=O)Nc3ccc4c(c3)OCO4)CC2)c1C. The minimum absolute atomic E-state index is 0.0354. The van der Waals surface area contributed by atoms with E-state index < -0.39 is 0 Å². The number of aromatic nitrogens is 3. The van der Waals surface area contributed by atoms with Crippen molar-refractivity contribution >= 4 is 17.4 Å². The van der Waals surface area contributed by atoms with Gasteiger partial charge in [0.05, 0.1) is 0 Å². The summed E-state index contributed by atoms with van der Waals surface area (Å²) in [6, 6.07) is 11.2. The first-order valence-electron chi connectivity index (χ1n) is 10.8. The van der Waals surface area contributed by atoms with E-state index in [9.17, 15) is 4.79 Å². The van der Waals surface area contributed by atoms with Crippen molar-refractivity contribution in [3.63, 3.8) is 0 Å². The molecule has 5 rings (SSSR count). The number of fused-ring (bicyclic) bond motifs is 1. The van der Waals surface area contributed by atoms with Gasteiger partial charge in [-0.05, 0) is 51.0 Å². The van der Waals surface area contributed by atoms with Crippen LogP contribution in [0.4, 0.5) is 11.5 Å². The van der Waals surface area contributed by atoms with E-state index in [1.807, 2.05) is 50.2 Å². The molecule has 0 aliphatic carbocycles. The van der Waals surface area contributed by atoms with Gasteiger partial charge < -0.3 is 19.7 Å². The molecule has 0 bridgehead atoms. The molecule has 1 fully saturated rings. The smallest absolute Gasteiger partial charge is 0.231 e. The van der Waals surface area contributed by atoms with Crippen molar-refractivity contribution in [2.45, 2.75) is 26.7 Å². The van der Waals surface area contributed by atoms with Crippen LogP contribution in [0.1, 0.15) is 24.1 Å². The summed E-state index contributed by atoms with van der Waals surface area (Å²) in [5, 5.41) is 3.02. The van der Waals surface area contributed by atoms with Crippen molar-refractivity contribution in [3.05, 3.63) is 53.9 Å². The van der Waals surface area contributed by atoms with Crippen LogP contribution in [0.2, 0.25) is 0 Å². The third kappa shape index (κ3) is 3.95. The van der Waals surface area contributed by atoms with Crippen LogP contribution < -0.4 is 19.7 Å². The Bertz CT molecular complexity index is 1140. The molecule has 1 amide bonds. The quantitative estimate of drug-likeness (QED) is 0.673. The second kappa shape index (κ2) is 8.45. The second-order valence-corrected chi connectivity index (χ2v) is 8.11. The molecule has 4 heterocycles. The van der Waals surface area contributed by atoms with Crippen LogP contribution in [0.15, 0.2) is 42.6 Å². The third-order valence-electron chi connectivity index (χ3n) is 6.06. The lowest BCUT2D eigenvalue weighted by Crippen LogP contribution is -2.39. The molecule has 8 heteroatoms. The van der Waals surface area contributed by atoms with E-state index in [4.69, 9.17) is 14.5 Å². The molecule has 0 atom stereocenters. The number of amides is 1. The molecule has 0 radical (unpaired) electrons. The van der Waals surface area contributed by atoms with E-state index in [1.54, 1.807) is 6.20 Å². The minimum Gasteiger partial charge on any atom is -0.454 e. The Hall–Kier alpha value is -3.68. The average molecular weight is 431 g/mol. The lowest BCUT2D eigenvalue weighted by molar-refractivity contribution is -0.120. The molecule has 2 aromatic heterocycles. The number of pyridine rings is 1. The predicted molar refractivity (Wildman–Crippen MR) is 121 cm³/mol. The number of nitrogens with one attached hydrogen (secondary N) is 1. The molecule has 0 spiro atoms. The van der Waals surface area contributed by atoms with E-state index in [0.717, 1.165) is 54.4 Å². The van der Waals surface area contributed by atoms with Crippen molar-refractivity contribution < 1.29 is 14.3 Å². The normalized spacial score (nSPS) is 15.6. The number of rotatable bonds is 4. The van der Waals surface area contributed by atoms with Crippen molar-refractivity contribution in [1.29, 1.82) is 0 Å². The van der Waals surface area contributed by atoms with E-state index in [1.165, 1.54) is 0 Å². The maximum Gasteiger partial charge on any atom is 0.231 e. The van der Waals surface area contributed by atoms with Crippen molar-refractivity contribution in [3.8, 4) is 23.0 Å². The molecule has 164 valence electrons. The van der Waals surface area contributed by atoms with Crippen LogP contribution in [-0.2, 0) is 4.79 Å². The second-order valence-electron chi connectivity index (χ2n) is 8.11. The fraction of sp³-hybridized carbons (Fsp3) is 0.333. The first-order valence-corrected chi connectivity index (χ1v) is 10.8. The molecule has 1 aromatic carbocycles. The number of aryl methyl sites for hydroxylation is 1. The Balaban J connectivity index is 1.26. The highest BCUT2D eigenvalue weighted by Crippen LogP contribution is 2.35. The summed E-state index contributed by atoms with van der Waals surface area (Å²) in [5.74, 6) is 2.91. The van der Waals surface area contributed by atoms with Gasteiger partial charge in [0.1, 0.15) is 11.5 Å². The molecule has 1 N–H and O–H groups in total. The Morgan fingerprint density at radius 1 is 1.06 bits per heavy atom. The molecule has 2 aliphatic heterocycles. The fourth-order valence-electron chi connectivity index (χ4n) is 4.10. The van der Waals surface area contributed by atoms with Crippen LogP contribution in [-0.4, -0.2) is 40.7 Å². The van der Waals surface area contributed by atoms with E-state index in [0.29, 0.717) is 17.3 Å². The highest BCUT2D eigenvalue weighted by Gasteiger charge is 2.27. The Labute approximate surface area is 186 Å². The molecule has 32 heavy (non-hydrogen) atoms. The van der Waals surface area contributed by atoms with E-state index in [2.05, 4.69) is 20.2 Å². The lowest BCUT2D eigenvalue weighted by atomic mass is 9.95. The molecule has 8 nitrogen and oxygen atoms in total. The van der Waals surface area contributed by atoms with Crippen LogP contribution >= 0.6 is 0 Å². The standard InChI is InChI=1S/C24H25N5O3/c1-15-16(2)26-22(19-5-3-4-10-25-19)28-23(15)29-11-8-17(9-12-29)24(30)27-18-6-7-20-21(13-18)32-14-31-20/h3-7,10,13,17H,8-9,11-12,14H2,1-2H3,(H,27,30). The number of carbonyl (C=O) groups excluding carboxylic acids is 1. The zero-order chi connectivity index (χ0) is 22.1. The summed E-state index contributed by atoms with van der Waals surface area (Å²) < 4.78 is 10.7. The maximum absolute atomic E-state index is 12.8. The molecular weight excluding hydrogens is 406 g/mol. The molecular formula is C24H25N5O3. The Morgan fingerprint density at radius 2 is 1.88 bits per heavy atom. The van der Waals surface area contributed by atoms with Gasteiger partial charge in [0, 0.05) is 48.2 Å². The lowest BCUT2D eigenvalue weighted by Gasteiger charge is -2.33. The Morgan fingerprint density at radius 3 is 2.66 bits per heavy atom. The zero-order valence-electron chi connectivity index (χ0n) is 18.2. The summed E-state index contributed by atoms with van der Waals surface area (Å²) in [6.07, 6.45) is 3.27. The summed E-state index contributed by atoms with van der Waals surface area (Å²) in [5.41, 5.74) is 3.49. The van der Waals surface area contributed by atoms with Gasteiger partial charge in [0.2, 0.25) is 12.7 Å². The first-order chi connectivity index (χ1) is 15.6. The molecule has 0 saturated carbocycles. The van der Waals surface area contributed by atoms with Gasteiger partial charge >= 0.3 is 0 Å². The van der Waals surface area contributed by atoms with Crippen molar-refractivity contribution in [1.82, 2.24) is 15.0 Å². The number of hydrogen-bond acceptors (Lipinski definition) is 7. The monoisotopic (exact) mass is 431 g/mol. The van der Waals surface area contributed by atoms with Crippen molar-refractivity contribution in [2.75, 3.05) is 30.1 Å². The van der Waals surface area contributed by atoms with Crippen LogP contribution in [0.5, 0.6) is 11.5 Å². The molecule has 2 aliphatic rings. The molecule has 0 unspecified atom stereocenters. The van der Waals surface area contributed by atoms with Gasteiger partial charge in [-0.2, -0.15) is 0 Å². The highest BCUT2D eigenvalue weighted by molar-refractivity contribution is 5.93. The summed E-state index contributed by atoms with van der Waals surface area (Å²) in [4.78, 5) is 28.9. The summed E-state index contributed by atoms with van der Waals surface area (Å²) in [7, 11) is 0. The number of carbonyl (C=O) groups is 1. The van der Waals surface area contributed by atoms with Gasteiger partial charge in [-0.25, -0.2) is 9.97 Å². The topological polar surface area (TPSA) is 89.5 Å². The number of benzene rings is 1. The number of piperidine rings is 1. The highest BCUT2D eigenvalue weighted by atomic mass is 16.7. The fourth-order valence-corrected chi connectivity index (χ4v) is 4.10. The maximum atomic E-state index is 12.8. The average Bonchev–Trinajstić information content (AvgIpc) is 3.29.